The van der Waals surface area contributed by atoms with E-state index in [0.717, 1.165) is 13.0 Å². The minimum atomic E-state index is -0.239. The zero-order chi connectivity index (χ0) is 16.9. The van der Waals surface area contributed by atoms with Gasteiger partial charge in [0.15, 0.2) is 11.3 Å². The van der Waals surface area contributed by atoms with Crippen LogP contribution in [-0.2, 0) is 9.47 Å². The van der Waals surface area contributed by atoms with E-state index in [9.17, 15) is 4.79 Å². The van der Waals surface area contributed by atoms with Crippen molar-refractivity contribution in [2.24, 2.45) is 0 Å². The molecular formula is C16H23N5O3. The van der Waals surface area contributed by atoms with Gasteiger partial charge in [-0.3, -0.25) is 4.79 Å². The lowest BCUT2D eigenvalue weighted by molar-refractivity contribution is -0.0562. The van der Waals surface area contributed by atoms with E-state index >= 15 is 0 Å². The molecule has 8 heteroatoms. The van der Waals surface area contributed by atoms with Gasteiger partial charge in [-0.05, 0) is 26.6 Å². The molecule has 1 aliphatic heterocycles. The Bertz CT molecular complexity index is 654. The lowest BCUT2D eigenvalue weighted by atomic mass is 10.1. The van der Waals surface area contributed by atoms with E-state index in [0.29, 0.717) is 31.2 Å². The van der Waals surface area contributed by atoms with Gasteiger partial charge in [-0.25, -0.2) is 9.50 Å². The molecule has 0 aromatic carbocycles. The molecule has 1 saturated heterocycles. The molecule has 2 aromatic heterocycles. The van der Waals surface area contributed by atoms with Crippen LogP contribution >= 0.6 is 0 Å². The zero-order valence-corrected chi connectivity index (χ0v) is 14.0. The van der Waals surface area contributed by atoms with Crippen molar-refractivity contribution in [2.75, 3.05) is 40.5 Å². The molecule has 0 aliphatic carbocycles. The number of ether oxygens (including phenoxy) is 2. The number of carbonyl (C=O) groups excluding carboxylic acids is 1. The van der Waals surface area contributed by atoms with Crippen LogP contribution < -0.4 is 5.32 Å². The third-order valence-corrected chi connectivity index (χ3v) is 3.95. The number of carbonyl (C=O) groups is 1. The standard InChI is InChI=1S/C16H23N5O3/c1-20(2)7-9-24-14-4-8-23-11-13(14)18-16(22)12-10-15-17-5-3-6-21(15)19-12/h3,5-6,10,13-14H,4,7-9,11H2,1-2H3,(H,18,22)/t13-,14+/m0/s1. The Hall–Kier alpha value is -2.03. The van der Waals surface area contributed by atoms with Gasteiger partial charge in [0.25, 0.3) is 5.91 Å². The number of nitrogens with one attached hydrogen (secondary N) is 1. The largest absolute Gasteiger partial charge is 0.379 e. The van der Waals surface area contributed by atoms with Crippen LogP contribution in [-0.4, -0.2) is 78.0 Å². The Morgan fingerprint density at radius 3 is 3.21 bits per heavy atom. The fourth-order valence-corrected chi connectivity index (χ4v) is 2.62. The van der Waals surface area contributed by atoms with Crippen molar-refractivity contribution in [1.82, 2.24) is 24.8 Å². The van der Waals surface area contributed by atoms with E-state index in [4.69, 9.17) is 9.47 Å². The van der Waals surface area contributed by atoms with Crippen LogP contribution in [0.4, 0.5) is 0 Å². The molecule has 1 aliphatic rings. The van der Waals surface area contributed by atoms with Gasteiger partial charge in [-0.1, -0.05) is 0 Å². The van der Waals surface area contributed by atoms with E-state index in [2.05, 4.69) is 20.3 Å². The van der Waals surface area contributed by atoms with E-state index in [1.54, 1.807) is 29.0 Å². The SMILES string of the molecule is CN(C)CCO[C@@H]1CCOC[C@@H]1NC(=O)c1cc2ncccn2n1. The molecule has 1 amide bonds. The van der Waals surface area contributed by atoms with Gasteiger partial charge >= 0.3 is 0 Å². The van der Waals surface area contributed by atoms with E-state index in [-0.39, 0.29) is 18.1 Å². The van der Waals surface area contributed by atoms with Crippen molar-refractivity contribution < 1.29 is 14.3 Å². The van der Waals surface area contributed by atoms with Crippen LogP contribution in [0.25, 0.3) is 5.65 Å². The van der Waals surface area contributed by atoms with Gasteiger partial charge in [0.2, 0.25) is 0 Å². The highest BCUT2D eigenvalue weighted by Gasteiger charge is 2.29. The molecule has 0 bridgehead atoms. The van der Waals surface area contributed by atoms with Gasteiger partial charge in [0.1, 0.15) is 0 Å². The topological polar surface area (TPSA) is 81.0 Å². The average molecular weight is 333 g/mol. The maximum atomic E-state index is 12.5. The van der Waals surface area contributed by atoms with Gasteiger partial charge in [-0.2, -0.15) is 5.10 Å². The molecule has 1 fully saturated rings. The van der Waals surface area contributed by atoms with E-state index < -0.39 is 0 Å². The molecule has 8 nitrogen and oxygen atoms in total. The normalized spacial score (nSPS) is 21.3. The Morgan fingerprint density at radius 1 is 1.54 bits per heavy atom. The molecular weight excluding hydrogens is 310 g/mol. The average Bonchev–Trinajstić information content (AvgIpc) is 3.00. The summed E-state index contributed by atoms with van der Waals surface area (Å²) in [5.41, 5.74) is 0.979. The summed E-state index contributed by atoms with van der Waals surface area (Å²) >= 11 is 0. The molecule has 0 saturated carbocycles. The molecule has 0 spiro atoms. The van der Waals surface area contributed by atoms with Gasteiger partial charge < -0.3 is 19.7 Å². The summed E-state index contributed by atoms with van der Waals surface area (Å²) < 4.78 is 13.0. The summed E-state index contributed by atoms with van der Waals surface area (Å²) in [6.07, 6.45) is 4.15. The predicted octanol–water partition coefficient (Wildman–Crippen LogP) is 0.195. The first-order valence-corrected chi connectivity index (χ1v) is 8.09. The monoisotopic (exact) mass is 333 g/mol. The highest BCUT2D eigenvalue weighted by atomic mass is 16.5. The molecule has 3 rings (SSSR count). The number of rotatable bonds is 6. The number of fused-ring (bicyclic) bond motifs is 1. The zero-order valence-electron chi connectivity index (χ0n) is 14.0. The summed E-state index contributed by atoms with van der Waals surface area (Å²) in [5.74, 6) is -0.239. The lowest BCUT2D eigenvalue weighted by Gasteiger charge is -2.32. The van der Waals surface area contributed by atoms with E-state index in [1.807, 2.05) is 14.1 Å². The second-order valence-corrected chi connectivity index (χ2v) is 6.11. The molecule has 1 N–H and O–H groups in total. The number of hydrogen-bond donors (Lipinski definition) is 1. The van der Waals surface area contributed by atoms with Crippen LogP contribution in [0.2, 0.25) is 0 Å². The van der Waals surface area contributed by atoms with Crippen molar-refractivity contribution >= 4 is 11.6 Å². The van der Waals surface area contributed by atoms with Crippen LogP contribution in [0.15, 0.2) is 24.5 Å². The van der Waals surface area contributed by atoms with Crippen molar-refractivity contribution in [2.45, 2.75) is 18.6 Å². The molecule has 2 atom stereocenters. The number of hydrogen-bond acceptors (Lipinski definition) is 6. The van der Waals surface area contributed by atoms with E-state index in [1.165, 1.54) is 0 Å². The molecule has 0 unspecified atom stereocenters. The van der Waals surface area contributed by atoms with Crippen molar-refractivity contribution in [3.8, 4) is 0 Å². The lowest BCUT2D eigenvalue weighted by Crippen LogP contribution is -2.51. The first-order valence-electron chi connectivity index (χ1n) is 8.09. The molecule has 130 valence electrons. The molecule has 24 heavy (non-hydrogen) atoms. The second kappa shape index (κ2) is 7.69. The van der Waals surface area contributed by atoms with Crippen molar-refractivity contribution in [3.63, 3.8) is 0 Å². The summed E-state index contributed by atoms with van der Waals surface area (Å²) in [5, 5.41) is 7.22. The summed E-state index contributed by atoms with van der Waals surface area (Å²) in [4.78, 5) is 18.7. The Morgan fingerprint density at radius 2 is 2.42 bits per heavy atom. The maximum Gasteiger partial charge on any atom is 0.272 e. The van der Waals surface area contributed by atoms with Crippen molar-refractivity contribution in [3.05, 3.63) is 30.2 Å². The smallest absolute Gasteiger partial charge is 0.272 e. The summed E-state index contributed by atoms with van der Waals surface area (Å²) in [6.45, 7) is 2.57. The minimum Gasteiger partial charge on any atom is -0.379 e. The number of amides is 1. The highest BCUT2D eigenvalue weighted by molar-refractivity contribution is 5.93. The fourth-order valence-electron chi connectivity index (χ4n) is 2.62. The van der Waals surface area contributed by atoms with Crippen LogP contribution in [0.3, 0.4) is 0 Å². The second-order valence-electron chi connectivity index (χ2n) is 6.11. The van der Waals surface area contributed by atoms with Crippen LogP contribution in [0, 0.1) is 0 Å². The number of likely N-dealkylation sites (N-methyl/N-ethyl adjacent to an activating group) is 1. The highest BCUT2D eigenvalue weighted by Crippen LogP contribution is 2.13. The first kappa shape index (κ1) is 16.8. The third-order valence-electron chi connectivity index (χ3n) is 3.95. The Labute approximate surface area is 140 Å². The minimum absolute atomic E-state index is 0.0437. The first-order chi connectivity index (χ1) is 11.6. The molecule has 3 heterocycles. The van der Waals surface area contributed by atoms with Gasteiger partial charge in [0.05, 0.1) is 25.4 Å². The maximum absolute atomic E-state index is 12.5. The third kappa shape index (κ3) is 4.08. The number of nitrogens with zero attached hydrogens (tertiary/aromatic N) is 4. The summed E-state index contributed by atoms with van der Waals surface area (Å²) in [7, 11) is 4.01. The Balaban J connectivity index is 1.62. The van der Waals surface area contributed by atoms with Crippen LogP contribution in [0.5, 0.6) is 0 Å². The van der Waals surface area contributed by atoms with Crippen LogP contribution in [0.1, 0.15) is 16.9 Å². The molecule has 0 radical (unpaired) electrons. The predicted molar refractivity (Wildman–Crippen MR) is 88.0 cm³/mol. The molecule has 2 aromatic rings. The quantitative estimate of drug-likeness (QED) is 0.813. The Kier molecular flexibility index (Phi) is 5.39. The van der Waals surface area contributed by atoms with Crippen molar-refractivity contribution in [1.29, 1.82) is 0 Å². The van der Waals surface area contributed by atoms with Gasteiger partial charge in [-0.15, -0.1) is 0 Å². The summed E-state index contributed by atoms with van der Waals surface area (Å²) in [6, 6.07) is 3.26. The van der Waals surface area contributed by atoms with Gasteiger partial charge in [0, 0.05) is 31.6 Å². The fraction of sp³-hybridized carbons (Fsp3) is 0.562. The number of aromatic nitrogens is 3.